The van der Waals surface area contributed by atoms with Crippen LogP contribution in [0, 0.1) is 6.92 Å². The second kappa shape index (κ2) is 9.40. The zero-order chi connectivity index (χ0) is 14.1. The van der Waals surface area contributed by atoms with E-state index in [4.69, 9.17) is 4.74 Å². The summed E-state index contributed by atoms with van der Waals surface area (Å²) in [6.45, 7) is 10.3. The fraction of sp³-hybridized carbons (Fsp3) is 0.625. The maximum Gasteiger partial charge on any atom is 0.0631 e. The highest BCUT2D eigenvalue weighted by molar-refractivity contribution is 7.99. The molecule has 0 aliphatic heterocycles. The van der Waals surface area contributed by atoms with E-state index in [1.807, 2.05) is 11.8 Å². The fourth-order valence-corrected chi connectivity index (χ4v) is 2.59. The number of rotatable bonds is 9. The van der Waals surface area contributed by atoms with Gasteiger partial charge in [0.05, 0.1) is 12.7 Å². The van der Waals surface area contributed by atoms with E-state index in [9.17, 15) is 0 Å². The van der Waals surface area contributed by atoms with Gasteiger partial charge in [-0.05, 0) is 45.9 Å². The van der Waals surface area contributed by atoms with Gasteiger partial charge >= 0.3 is 0 Å². The molecule has 0 aromatic heterocycles. The Kier molecular flexibility index (Phi) is 8.19. The summed E-state index contributed by atoms with van der Waals surface area (Å²) in [7, 11) is 0. The third-order valence-corrected chi connectivity index (χ3v) is 3.96. The van der Waals surface area contributed by atoms with Gasteiger partial charge in [0.25, 0.3) is 0 Å². The van der Waals surface area contributed by atoms with E-state index in [-0.39, 0.29) is 0 Å². The molecule has 0 amide bonds. The van der Waals surface area contributed by atoms with Gasteiger partial charge in [-0.3, -0.25) is 0 Å². The van der Waals surface area contributed by atoms with E-state index >= 15 is 0 Å². The summed E-state index contributed by atoms with van der Waals surface area (Å²) in [4.78, 5) is 1.33. The molecule has 0 aliphatic rings. The van der Waals surface area contributed by atoms with Crippen LogP contribution in [-0.2, 0) is 4.74 Å². The Morgan fingerprint density at radius 3 is 2.47 bits per heavy atom. The molecule has 108 valence electrons. The van der Waals surface area contributed by atoms with Gasteiger partial charge in [-0.15, -0.1) is 11.8 Å². The summed E-state index contributed by atoms with van der Waals surface area (Å²) in [5.41, 5.74) is 1.31. The summed E-state index contributed by atoms with van der Waals surface area (Å²) in [5.74, 6) is 1.05. The van der Waals surface area contributed by atoms with Crippen molar-refractivity contribution in [1.29, 1.82) is 0 Å². The van der Waals surface area contributed by atoms with E-state index < -0.39 is 0 Å². The molecule has 1 aromatic carbocycles. The second-order valence-corrected chi connectivity index (χ2v) is 6.25. The van der Waals surface area contributed by atoms with Gasteiger partial charge in [0.1, 0.15) is 0 Å². The van der Waals surface area contributed by atoms with Crippen LogP contribution in [0.1, 0.15) is 32.8 Å². The van der Waals surface area contributed by atoms with Gasteiger partial charge in [0, 0.05) is 16.7 Å². The Bertz CT molecular complexity index is 337. The highest BCUT2D eigenvalue weighted by Gasteiger charge is 2.09. The molecular formula is C16H27NOS. The minimum atomic E-state index is 0.301. The van der Waals surface area contributed by atoms with Gasteiger partial charge in [-0.2, -0.15) is 0 Å². The average molecular weight is 281 g/mol. The molecule has 1 unspecified atom stereocenters. The maximum atomic E-state index is 5.73. The molecular weight excluding hydrogens is 254 g/mol. The van der Waals surface area contributed by atoms with Crippen molar-refractivity contribution in [1.82, 2.24) is 5.32 Å². The quantitative estimate of drug-likeness (QED) is 0.694. The van der Waals surface area contributed by atoms with Crippen LogP contribution in [0.4, 0.5) is 0 Å². The first-order valence-corrected chi connectivity index (χ1v) is 8.14. The molecule has 2 nitrogen and oxygen atoms in total. The molecule has 0 saturated heterocycles. The largest absolute Gasteiger partial charge is 0.377 e. The van der Waals surface area contributed by atoms with Gasteiger partial charge in [-0.25, -0.2) is 0 Å². The number of hydrogen-bond acceptors (Lipinski definition) is 3. The molecule has 0 radical (unpaired) electrons. The van der Waals surface area contributed by atoms with Crippen molar-refractivity contribution in [3.05, 3.63) is 29.8 Å². The molecule has 1 N–H and O–H groups in total. The minimum Gasteiger partial charge on any atom is -0.377 e. The zero-order valence-corrected chi connectivity index (χ0v) is 13.4. The van der Waals surface area contributed by atoms with E-state index in [0.29, 0.717) is 12.1 Å². The van der Waals surface area contributed by atoms with Crippen LogP contribution >= 0.6 is 11.8 Å². The lowest BCUT2D eigenvalue weighted by molar-refractivity contribution is 0.0655. The first-order chi connectivity index (χ1) is 9.11. The van der Waals surface area contributed by atoms with Crippen LogP contribution in [0.3, 0.4) is 0 Å². The third-order valence-electron chi connectivity index (χ3n) is 2.79. The molecule has 1 rings (SSSR count). The standard InChI is InChI=1S/C16H27NOS/c1-5-10-17-15(11-18-13(2)3)12-19-16-8-6-14(4)7-9-16/h6-9,13,15,17H,5,10-12H2,1-4H3. The van der Waals surface area contributed by atoms with E-state index in [1.54, 1.807) is 0 Å². The van der Waals surface area contributed by atoms with Gasteiger partial charge in [-0.1, -0.05) is 24.6 Å². The Balaban J connectivity index is 2.39. The molecule has 0 bridgehead atoms. The molecule has 0 spiro atoms. The summed E-state index contributed by atoms with van der Waals surface area (Å²) in [5, 5.41) is 3.56. The van der Waals surface area contributed by atoms with E-state index in [0.717, 1.165) is 25.3 Å². The summed E-state index contributed by atoms with van der Waals surface area (Å²) >= 11 is 1.90. The highest BCUT2D eigenvalue weighted by Crippen LogP contribution is 2.19. The number of thioether (sulfide) groups is 1. The predicted molar refractivity (Wildman–Crippen MR) is 85.1 cm³/mol. The van der Waals surface area contributed by atoms with Crippen molar-refractivity contribution in [2.45, 2.75) is 51.2 Å². The molecule has 3 heteroatoms. The van der Waals surface area contributed by atoms with Crippen LogP contribution < -0.4 is 5.32 Å². The molecule has 0 saturated carbocycles. The van der Waals surface area contributed by atoms with E-state index in [1.165, 1.54) is 10.5 Å². The lowest BCUT2D eigenvalue weighted by Crippen LogP contribution is -2.37. The van der Waals surface area contributed by atoms with Crippen LogP contribution in [0.2, 0.25) is 0 Å². The van der Waals surface area contributed by atoms with Crippen LogP contribution in [-0.4, -0.2) is 31.1 Å². The molecule has 0 heterocycles. The zero-order valence-electron chi connectivity index (χ0n) is 12.6. The first kappa shape index (κ1) is 16.5. The number of ether oxygens (including phenoxy) is 1. The number of benzene rings is 1. The minimum absolute atomic E-state index is 0.301. The number of aryl methyl sites for hydroxylation is 1. The molecule has 1 aromatic rings. The lowest BCUT2D eigenvalue weighted by Gasteiger charge is -2.19. The van der Waals surface area contributed by atoms with Crippen molar-refractivity contribution in [3.63, 3.8) is 0 Å². The summed E-state index contributed by atoms with van der Waals surface area (Å²) in [6, 6.07) is 9.15. The third kappa shape index (κ3) is 7.61. The van der Waals surface area contributed by atoms with Gasteiger partial charge < -0.3 is 10.1 Å². The van der Waals surface area contributed by atoms with Crippen LogP contribution in [0.15, 0.2) is 29.2 Å². The van der Waals surface area contributed by atoms with Gasteiger partial charge in [0.15, 0.2) is 0 Å². The van der Waals surface area contributed by atoms with Crippen LogP contribution in [0.25, 0.3) is 0 Å². The monoisotopic (exact) mass is 281 g/mol. The molecule has 19 heavy (non-hydrogen) atoms. The molecule has 0 fully saturated rings. The smallest absolute Gasteiger partial charge is 0.0631 e. The topological polar surface area (TPSA) is 21.3 Å². The molecule has 0 aliphatic carbocycles. The lowest BCUT2D eigenvalue weighted by atomic mass is 10.2. The van der Waals surface area contributed by atoms with Crippen molar-refractivity contribution in [3.8, 4) is 0 Å². The summed E-state index contributed by atoms with van der Waals surface area (Å²) < 4.78 is 5.73. The number of hydrogen-bond donors (Lipinski definition) is 1. The number of nitrogens with one attached hydrogen (secondary N) is 1. The van der Waals surface area contributed by atoms with Crippen molar-refractivity contribution in [2.75, 3.05) is 18.9 Å². The average Bonchev–Trinajstić information content (AvgIpc) is 2.39. The normalized spacial score (nSPS) is 12.9. The Hall–Kier alpha value is -0.510. The Morgan fingerprint density at radius 2 is 1.89 bits per heavy atom. The van der Waals surface area contributed by atoms with Crippen molar-refractivity contribution in [2.24, 2.45) is 0 Å². The van der Waals surface area contributed by atoms with E-state index in [2.05, 4.69) is 57.3 Å². The van der Waals surface area contributed by atoms with Crippen molar-refractivity contribution >= 4 is 11.8 Å². The Labute approximate surface area is 122 Å². The summed E-state index contributed by atoms with van der Waals surface area (Å²) in [6.07, 6.45) is 1.46. The second-order valence-electron chi connectivity index (χ2n) is 5.16. The Morgan fingerprint density at radius 1 is 1.21 bits per heavy atom. The fourth-order valence-electron chi connectivity index (χ4n) is 1.65. The highest BCUT2D eigenvalue weighted by atomic mass is 32.2. The van der Waals surface area contributed by atoms with Gasteiger partial charge in [0.2, 0.25) is 0 Å². The van der Waals surface area contributed by atoms with Crippen molar-refractivity contribution < 1.29 is 4.74 Å². The maximum absolute atomic E-state index is 5.73. The SMILES string of the molecule is CCCNC(COC(C)C)CSc1ccc(C)cc1. The first-order valence-electron chi connectivity index (χ1n) is 7.16. The molecule has 1 atom stereocenters. The van der Waals surface area contributed by atoms with Crippen LogP contribution in [0.5, 0.6) is 0 Å². The predicted octanol–water partition coefficient (Wildman–Crippen LogP) is 3.88.